The fourth-order valence-corrected chi connectivity index (χ4v) is 2.92. The standard InChI is InChI=1S/C18H15F5N4O2/c1-11(27-25-10-24-26-27)18(23,12-2-6-14(7-3-12)28-16(19)20)13-4-8-15(9-5-13)29-17(21)22/h2-11,16-17H,1H3. The van der Waals surface area contributed by atoms with Crippen molar-refractivity contribution in [3.05, 3.63) is 66.0 Å². The lowest BCUT2D eigenvalue weighted by atomic mass is 9.82. The summed E-state index contributed by atoms with van der Waals surface area (Å²) in [6.07, 6.45) is 1.13. The Balaban J connectivity index is 2.02. The zero-order valence-electron chi connectivity index (χ0n) is 14.9. The van der Waals surface area contributed by atoms with Crippen molar-refractivity contribution in [1.29, 1.82) is 0 Å². The predicted octanol–water partition coefficient (Wildman–Crippen LogP) is 4.35. The van der Waals surface area contributed by atoms with Crippen molar-refractivity contribution >= 4 is 0 Å². The number of benzene rings is 2. The van der Waals surface area contributed by atoms with Crippen molar-refractivity contribution in [3.63, 3.8) is 0 Å². The minimum absolute atomic E-state index is 0.0893. The van der Waals surface area contributed by atoms with Crippen LogP contribution in [-0.2, 0) is 5.67 Å². The fourth-order valence-electron chi connectivity index (χ4n) is 2.92. The van der Waals surface area contributed by atoms with Crippen molar-refractivity contribution in [2.75, 3.05) is 0 Å². The van der Waals surface area contributed by atoms with Crippen LogP contribution in [0.25, 0.3) is 0 Å². The number of hydrogen-bond donors (Lipinski definition) is 0. The number of rotatable bonds is 8. The average Bonchev–Trinajstić information content (AvgIpc) is 3.22. The Bertz CT molecular complexity index is 852. The van der Waals surface area contributed by atoms with E-state index in [9.17, 15) is 17.6 Å². The topological polar surface area (TPSA) is 62.1 Å². The molecule has 0 aliphatic heterocycles. The van der Waals surface area contributed by atoms with E-state index in [0.29, 0.717) is 0 Å². The molecule has 0 fully saturated rings. The summed E-state index contributed by atoms with van der Waals surface area (Å²) < 4.78 is 74.6. The molecule has 1 heterocycles. The molecule has 0 aliphatic rings. The molecule has 29 heavy (non-hydrogen) atoms. The van der Waals surface area contributed by atoms with Gasteiger partial charge in [-0.2, -0.15) is 22.4 Å². The summed E-state index contributed by atoms with van der Waals surface area (Å²) in [5.74, 6) is -0.281. The Labute approximate surface area is 161 Å². The Hall–Kier alpha value is -3.24. The maximum absolute atomic E-state index is 16.5. The van der Waals surface area contributed by atoms with Gasteiger partial charge in [-0.15, -0.1) is 10.2 Å². The van der Waals surface area contributed by atoms with E-state index in [1.165, 1.54) is 55.5 Å². The van der Waals surface area contributed by atoms with Crippen molar-refractivity contribution in [3.8, 4) is 11.5 Å². The van der Waals surface area contributed by atoms with E-state index in [1.54, 1.807) is 0 Å². The number of halogens is 5. The van der Waals surface area contributed by atoms with Crippen LogP contribution in [0.1, 0.15) is 24.1 Å². The maximum atomic E-state index is 16.5. The van der Waals surface area contributed by atoms with Crippen LogP contribution in [0.2, 0.25) is 0 Å². The molecule has 3 rings (SSSR count). The van der Waals surface area contributed by atoms with Gasteiger partial charge in [-0.1, -0.05) is 24.3 Å². The molecule has 0 aliphatic carbocycles. The second-order valence-corrected chi connectivity index (χ2v) is 5.95. The zero-order chi connectivity index (χ0) is 21.0. The quantitative estimate of drug-likeness (QED) is 0.513. The molecule has 0 amide bonds. The first kappa shape index (κ1) is 20.5. The third-order valence-electron chi connectivity index (χ3n) is 4.29. The Morgan fingerprint density at radius 2 is 1.28 bits per heavy atom. The Kier molecular flexibility index (Phi) is 5.95. The van der Waals surface area contributed by atoms with Gasteiger partial charge in [-0.05, 0) is 47.5 Å². The summed E-state index contributed by atoms with van der Waals surface area (Å²) in [5.41, 5.74) is -2.08. The molecular formula is C18H15F5N4O2. The molecule has 1 aromatic heterocycles. The third kappa shape index (κ3) is 4.44. The first-order chi connectivity index (χ1) is 13.8. The molecule has 1 unspecified atom stereocenters. The molecule has 0 saturated carbocycles. The molecule has 1 atom stereocenters. The van der Waals surface area contributed by atoms with Gasteiger partial charge in [0.15, 0.2) is 12.0 Å². The molecule has 0 N–H and O–H groups in total. The summed E-state index contributed by atoms with van der Waals surface area (Å²) in [7, 11) is 0. The zero-order valence-corrected chi connectivity index (χ0v) is 14.9. The van der Waals surface area contributed by atoms with Gasteiger partial charge in [-0.3, -0.25) is 0 Å². The summed E-state index contributed by atoms with van der Waals surface area (Å²) in [6.45, 7) is -4.54. The normalized spacial score (nSPS) is 13.0. The molecule has 6 nitrogen and oxygen atoms in total. The van der Waals surface area contributed by atoms with Crippen molar-refractivity contribution in [2.24, 2.45) is 0 Å². The van der Waals surface area contributed by atoms with Gasteiger partial charge in [-0.25, -0.2) is 4.39 Å². The van der Waals surface area contributed by atoms with Gasteiger partial charge >= 0.3 is 13.2 Å². The van der Waals surface area contributed by atoms with E-state index >= 15 is 4.39 Å². The first-order valence-electron chi connectivity index (χ1n) is 8.32. The number of alkyl halides is 5. The lowest BCUT2D eigenvalue weighted by Crippen LogP contribution is -2.33. The number of hydrogen-bond acceptors (Lipinski definition) is 5. The molecule has 0 saturated heterocycles. The van der Waals surface area contributed by atoms with Crippen LogP contribution < -0.4 is 9.47 Å². The van der Waals surface area contributed by atoms with Gasteiger partial charge in [0.25, 0.3) is 0 Å². The van der Waals surface area contributed by atoms with E-state index < -0.39 is 24.9 Å². The van der Waals surface area contributed by atoms with Crippen LogP contribution in [0.3, 0.4) is 0 Å². The summed E-state index contributed by atoms with van der Waals surface area (Å²) >= 11 is 0. The maximum Gasteiger partial charge on any atom is 0.387 e. The summed E-state index contributed by atoms with van der Waals surface area (Å²) in [6, 6.07) is 8.93. The molecule has 0 spiro atoms. The Morgan fingerprint density at radius 3 is 1.62 bits per heavy atom. The van der Waals surface area contributed by atoms with Crippen molar-refractivity contribution in [2.45, 2.75) is 31.9 Å². The van der Waals surface area contributed by atoms with Crippen LogP contribution in [0, 0.1) is 0 Å². The largest absolute Gasteiger partial charge is 0.435 e. The third-order valence-corrected chi connectivity index (χ3v) is 4.29. The molecular weight excluding hydrogens is 399 g/mol. The second-order valence-electron chi connectivity index (χ2n) is 5.95. The monoisotopic (exact) mass is 414 g/mol. The lowest BCUT2D eigenvalue weighted by molar-refractivity contribution is -0.0505. The van der Waals surface area contributed by atoms with Crippen LogP contribution >= 0.6 is 0 Å². The van der Waals surface area contributed by atoms with Gasteiger partial charge in [0.1, 0.15) is 17.5 Å². The van der Waals surface area contributed by atoms with E-state index in [-0.39, 0.29) is 22.6 Å². The minimum Gasteiger partial charge on any atom is -0.435 e. The van der Waals surface area contributed by atoms with Crippen LogP contribution in [-0.4, -0.2) is 33.4 Å². The molecule has 0 bridgehead atoms. The average molecular weight is 414 g/mol. The number of tetrazole rings is 1. The predicted molar refractivity (Wildman–Crippen MR) is 90.6 cm³/mol. The fraction of sp³-hybridized carbons (Fsp3) is 0.278. The highest BCUT2D eigenvalue weighted by Crippen LogP contribution is 2.43. The van der Waals surface area contributed by atoms with Crippen LogP contribution in [0.15, 0.2) is 54.9 Å². The van der Waals surface area contributed by atoms with Crippen molar-refractivity contribution in [1.82, 2.24) is 20.2 Å². The second kappa shape index (κ2) is 8.41. The number of nitrogens with zero attached hydrogens (tertiary/aromatic N) is 4. The molecule has 3 aromatic rings. The van der Waals surface area contributed by atoms with E-state index in [4.69, 9.17) is 0 Å². The van der Waals surface area contributed by atoms with E-state index in [1.807, 2.05) is 0 Å². The lowest BCUT2D eigenvalue weighted by Gasteiger charge is -2.32. The highest BCUT2D eigenvalue weighted by molar-refractivity contribution is 5.42. The molecule has 11 heteroatoms. The smallest absolute Gasteiger partial charge is 0.387 e. The van der Waals surface area contributed by atoms with Gasteiger partial charge < -0.3 is 9.47 Å². The van der Waals surface area contributed by atoms with Crippen LogP contribution in [0.4, 0.5) is 22.0 Å². The molecule has 0 radical (unpaired) electrons. The Morgan fingerprint density at radius 1 is 0.828 bits per heavy atom. The van der Waals surface area contributed by atoms with Gasteiger partial charge in [0.05, 0.1) is 0 Å². The van der Waals surface area contributed by atoms with Crippen LogP contribution in [0.5, 0.6) is 11.5 Å². The van der Waals surface area contributed by atoms with Crippen molar-refractivity contribution < 1.29 is 31.4 Å². The molecule has 2 aromatic carbocycles. The van der Waals surface area contributed by atoms with E-state index in [0.717, 1.165) is 11.1 Å². The first-order valence-corrected chi connectivity index (χ1v) is 8.32. The SMILES string of the molecule is CC(n1ncnn1)C(F)(c1ccc(OC(F)F)cc1)c1ccc(OC(F)F)cc1. The highest BCUT2D eigenvalue weighted by atomic mass is 19.3. The highest BCUT2D eigenvalue weighted by Gasteiger charge is 2.42. The van der Waals surface area contributed by atoms with Gasteiger partial charge in [0.2, 0.25) is 0 Å². The van der Waals surface area contributed by atoms with Gasteiger partial charge in [0, 0.05) is 0 Å². The number of ether oxygens (including phenoxy) is 2. The summed E-state index contributed by atoms with van der Waals surface area (Å²) in [4.78, 5) is 1.05. The number of aromatic nitrogens is 4. The minimum atomic E-state index is -3.02. The summed E-state index contributed by atoms with van der Waals surface area (Å²) in [5, 5.41) is 11.1. The van der Waals surface area contributed by atoms with E-state index in [2.05, 4.69) is 24.9 Å². The molecule has 154 valence electrons.